The predicted molar refractivity (Wildman–Crippen MR) is 97.3 cm³/mol. The number of rotatable bonds is 2. The quantitative estimate of drug-likeness (QED) is 0.721. The summed E-state index contributed by atoms with van der Waals surface area (Å²) in [6.45, 7) is 10.7. The van der Waals surface area contributed by atoms with Crippen molar-refractivity contribution in [1.29, 1.82) is 0 Å². The van der Waals surface area contributed by atoms with Gasteiger partial charge in [0.25, 0.3) is 0 Å². The number of likely N-dealkylation sites (tertiary alicyclic amines) is 1. The van der Waals surface area contributed by atoms with Gasteiger partial charge < -0.3 is 5.32 Å². The van der Waals surface area contributed by atoms with Gasteiger partial charge in [0.05, 0.1) is 5.56 Å². The molecule has 1 N–H and O–H groups in total. The Morgan fingerprint density at radius 2 is 1.84 bits per heavy atom. The molecule has 140 valence electrons. The molecule has 1 unspecified atom stereocenters. The lowest BCUT2D eigenvalue weighted by atomic mass is 9.58. The molecule has 0 bridgehead atoms. The highest BCUT2D eigenvalue weighted by molar-refractivity contribution is 9.10. The molecule has 1 aromatic rings. The van der Waals surface area contributed by atoms with Gasteiger partial charge in [-0.2, -0.15) is 13.2 Å². The van der Waals surface area contributed by atoms with Crippen LogP contribution in [0.5, 0.6) is 0 Å². The van der Waals surface area contributed by atoms with Crippen molar-refractivity contribution in [3.8, 4) is 0 Å². The summed E-state index contributed by atoms with van der Waals surface area (Å²) in [6.07, 6.45) is -1.94. The van der Waals surface area contributed by atoms with Gasteiger partial charge in [0.15, 0.2) is 0 Å². The normalized spacial score (nSPS) is 24.4. The fraction of sp³-hybridized carbons (Fsp3) is 0.684. The average Bonchev–Trinajstić information content (AvgIpc) is 2.46. The van der Waals surface area contributed by atoms with Gasteiger partial charge in [0, 0.05) is 29.0 Å². The average molecular weight is 419 g/mol. The van der Waals surface area contributed by atoms with Crippen molar-refractivity contribution in [2.24, 2.45) is 10.8 Å². The van der Waals surface area contributed by atoms with E-state index in [1.165, 1.54) is 25.0 Å². The number of halogens is 4. The summed E-state index contributed by atoms with van der Waals surface area (Å²) in [5, 5.41) is 3.44. The predicted octanol–water partition coefficient (Wildman–Crippen LogP) is 5.07. The molecule has 0 aromatic heterocycles. The van der Waals surface area contributed by atoms with Crippen molar-refractivity contribution in [2.75, 3.05) is 19.6 Å². The zero-order chi connectivity index (χ0) is 18.5. The number of alkyl halides is 3. The first-order chi connectivity index (χ1) is 11.5. The molecule has 0 aliphatic carbocycles. The summed E-state index contributed by atoms with van der Waals surface area (Å²) in [4.78, 5) is 2.44. The molecule has 3 rings (SSSR count). The number of hydrogen-bond donors (Lipinski definition) is 1. The molecule has 2 nitrogen and oxygen atoms in total. The van der Waals surface area contributed by atoms with E-state index >= 15 is 0 Å². The molecular weight excluding hydrogens is 393 g/mol. The molecule has 0 amide bonds. The second-order valence-electron chi connectivity index (χ2n) is 8.59. The standard InChI is InChI=1S/C19H26BrF3N2/c1-17(2,3)16-18(6-8-24-9-7-18)12-25(16)11-13-4-5-14(10-15(13)20)19(21,22)23/h4-5,10,16,24H,6-9,11-12H2,1-3H3. The second-order valence-corrected chi connectivity index (χ2v) is 9.44. The third-order valence-electron chi connectivity index (χ3n) is 5.64. The molecule has 25 heavy (non-hydrogen) atoms. The second kappa shape index (κ2) is 6.54. The Hall–Kier alpha value is -0.590. The summed E-state index contributed by atoms with van der Waals surface area (Å²) in [7, 11) is 0. The van der Waals surface area contributed by atoms with E-state index in [1.807, 2.05) is 0 Å². The van der Waals surface area contributed by atoms with Crippen molar-refractivity contribution in [3.63, 3.8) is 0 Å². The number of nitrogens with zero attached hydrogens (tertiary/aromatic N) is 1. The van der Waals surface area contributed by atoms with E-state index in [2.05, 4.69) is 46.9 Å². The Labute approximate surface area is 156 Å². The fourth-order valence-corrected chi connectivity index (χ4v) is 5.40. The molecule has 2 aliphatic rings. The van der Waals surface area contributed by atoms with Crippen molar-refractivity contribution in [1.82, 2.24) is 10.2 Å². The monoisotopic (exact) mass is 418 g/mol. The lowest BCUT2D eigenvalue weighted by Gasteiger charge is -2.64. The molecule has 0 radical (unpaired) electrons. The summed E-state index contributed by atoms with van der Waals surface area (Å²) < 4.78 is 39.1. The van der Waals surface area contributed by atoms with Gasteiger partial charge in [-0.15, -0.1) is 0 Å². The van der Waals surface area contributed by atoms with Crippen LogP contribution in [0.15, 0.2) is 22.7 Å². The van der Waals surface area contributed by atoms with E-state index in [-0.39, 0.29) is 5.41 Å². The molecule has 2 aliphatic heterocycles. The van der Waals surface area contributed by atoms with Gasteiger partial charge in [-0.3, -0.25) is 4.90 Å². The Kier molecular flexibility index (Phi) is 5.01. The topological polar surface area (TPSA) is 15.3 Å². The van der Waals surface area contributed by atoms with Crippen LogP contribution in [0.1, 0.15) is 44.7 Å². The highest BCUT2D eigenvalue weighted by Gasteiger charge is 2.56. The van der Waals surface area contributed by atoms with E-state index in [4.69, 9.17) is 0 Å². The summed E-state index contributed by atoms with van der Waals surface area (Å²) in [5.74, 6) is 0. The lowest BCUT2D eigenvalue weighted by Crippen LogP contribution is -2.70. The molecule has 2 fully saturated rings. The van der Waals surface area contributed by atoms with Gasteiger partial charge >= 0.3 is 6.18 Å². The van der Waals surface area contributed by atoms with Gasteiger partial charge in [0.2, 0.25) is 0 Å². The molecule has 2 saturated heterocycles. The Bertz CT molecular complexity index is 631. The van der Waals surface area contributed by atoms with E-state index in [9.17, 15) is 13.2 Å². The third kappa shape index (κ3) is 3.76. The minimum Gasteiger partial charge on any atom is -0.317 e. The van der Waals surface area contributed by atoms with Crippen LogP contribution in [-0.4, -0.2) is 30.6 Å². The van der Waals surface area contributed by atoms with Crippen molar-refractivity contribution < 1.29 is 13.2 Å². The van der Waals surface area contributed by atoms with Crippen LogP contribution in [-0.2, 0) is 12.7 Å². The SMILES string of the molecule is CC(C)(C)C1N(Cc2ccc(C(F)(F)F)cc2Br)CC12CCNCC2. The highest BCUT2D eigenvalue weighted by Crippen LogP contribution is 2.52. The molecule has 2 heterocycles. The van der Waals surface area contributed by atoms with Gasteiger partial charge in [0.1, 0.15) is 0 Å². The minimum atomic E-state index is -4.30. The molecule has 6 heteroatoms. The van der Waals surface area contributed by atoms with Crippen molar-refractivity contribution in [2.45, 2.75) is 52.4 Å². The number of hydrogen-bond acceptors (Lipinski definition) is 2. The third-order valence-corrected chi connectivity index (χ3v) is 6.37. The van der Waals surface area contributed by atoms with Crippen molar-refractivity contribution in [3.05, 3.63) is 33.8 Å². The van der Waals surface area contributed by atoms with Crippen LogP contribution in [0, 0.1) is 10.8 Å². The Morgan fingerprint density at radius 1 is 1.20 bits per heavy atom. The number of nitrogens with one attached hydrogen (secondary N) is 1. The smallest absolute Gasteiger partial charge is 0.317 e. The van der Waals surface area contributed by atoms with E-state index in [1.54, 1.807) is 6.07 Å². The van der Waals surface area contributed by atoms with Crippen LogP contribution in [0.2, 0.25) is 0 Å². The molecule has 1 spiro atoms. The first kappa shape index (κ1) is 19.2. The maximum Gasteiger partial charge on any atom is 0.416 e. The minimum absolute atomic E-state index is 0.147. The summed E-state index contributed by atoms with van der Waals surface area (Å²) >= 11 is 3.34. The van der Waals surface area contributed by atoms with Crippen LogP contribution < -0.4 is 5.32 Å². The van der Waals surface area contributed by atoms with Crippen LogP contribution in [0.3, 0.4) is 0 Å². The molecule has 1 atom stereocenters. The number of benzene rings is 1. The highest BCUT2D eigenvalue weighted by atomic mass is 79.9. The van der Waals surface area contributed by atoms with Crippen molar-refractivity contribution >= 4 is 15.9 Å². The lowest BCUT2D eigenvalue weighted by molar-refractivity contribution is -0.146. The molecular formula is C19H26BrF3N2. The Balaban J connectivity index is 1.79. The molecule has 0 saturated carbocycles. The van der Waals surface area contributed by atoms with E-state index in [0.29, 0.717) is 22.5 Å². The van der Waals surface area contributed by atoms with E-state index in [0.717, 1.165) is 25.2 Å². The number of piperidine rings is 1. The van der Waals surface area contributed by atoms with Crippen LogP contribution in [0.4, 0.5) is 13.2 Å². The largest absolute Gasteiger partial charge is 0.416 e. The van der Waals surface area contributed by atoms with E-state index < -0.39 is 11.7 Å². The first-order valence-corrected chi connectivity index (χ1v) is 9.63. The summed E-state index contributed by atoms with van der Waals surface area (Å²) in [5.41, 5.74) is 0.815. The van der Waals surface area contributed by atoms with Gasteiger partial charge in [-0.05, 0) is 49.0 Å². The maximum absolute atomic E-state index is 12.9. The van der Waals surface area contributed by atoms with Crippen LogP contribution >= 0.6 is 15.9 Å². The van der Waals surface area contributed by atoms with Gasteiger partial charge in [-0.1, -0.05) is 42.8 Å². The zero-order valence-electron chi connectivity index (χ0n) is 15.0. The molecule has 1 aromatic carbocycles. The maximum atomic E-state index is 12.9. The zero-order valence-corrected chi connectivity index (χ0v) is 16.6. The van der Waals surface area contributed by atoms with Gasteiger partial charge in [-0.25, -0.2) is 0 Å². The first-order valence-electron chi connectivity index (χ1n) is 8.83. The Morgan fingerprint density at radius 3 is 2.36 bits per heavy atom. The fourth-order valence-electron chi connectivity index (χ4n) is 4.90. The van der Waals surface area contributed by atoms with Crippen LogP contribution in [0.25, 0.3) is 0 Å². The summed E-state index contributed by atoms with van der Waals surface area (Å²) in [6, 6.07) is 4.45.